The Hall–Kier alpha value is -2.37. The molecule has 0 rings (SSSR count). The summed E-state index contributed by atoms with van der Waals surface area (Å²) in [4.78, 5) is 37.9. The average molecular weight is 998 g/mol. The highest BCUT2D eigenvalue weighted by Crippen LogP contribution is 2.18. The van der Waals surface area contributed by atoms with Crippen molar-refractivity contribution >= 4 is 17.9 Å². The van der Waals surface area contributed by atoms with Gasteiger partial charge in [0.2, 0.25) is 0 Å². The van der Waals surface area contributed by atoms with Crippen molar-refractivity contribution in [3.8, 4) is 0 Å². The van der Waals surface area contributed by atoms with Gasteiger partial charge in [-0.2, -0.15) is 0 Å². The van der Waals surface area contributed by atoms with Gasteiger partial charge in [-0.1, -0.05) is 301 Å². The Morgan fingerprint density at radius 2 is 0.507 bits per heavy atom. The van der Waals surface area contributed by atoms with Crippen LogP contribution < -0.4 is 0 Å². The molecule has 0 aliphatic heterocycles. The van der Waals surface area contributed by atoms with Gasteiger partial charge in [0, 0.05) is 19.3 Å². The molecule has 0 amide bonds. The van der Waals surface area contributed by atoms with Crippen molar-refractivity contribution in [1.29, 1.82) is 0 Å². The van der Waals surface area contributed by atoms with Crippen LogP contribution in [0.15, 0.2) is 36.5 Å². The normalized spacial score (nSPS) is 12.2. The molecule has 0 radical (unpaired) electrons. The first-order valence-corrected chi connectivity index (χ1v) is 31.5. The first-order valence-electron chi connectivity index (χ1n) is 31.5. The topological polar surface area (TPSA) is 78.9 Å². The first-order chi connectivity index (χ1) is 35.0. The quantitative estimate of drug-likeness (QED) is 0.0261. The Labute approximate surface area is 442 Å². The van der Waals surface area contributed by atoms with E-state index in [1.54, 1.807) is 0 Å². The number of ether oxygens (including phenoxy) is 3. The number of unbranched alkanes of at least 4 members (excludes halogenated alkanes) is 41. The molecule has 6 nitrogen and oxygen atoms in total. The number of allylic oxidation sites excluding steroid dienone is 6. The molecule has 0 N–H and O–H groups in total. The highest BCUT2D eigenvalue weighted by Gasteiger charge is 2.19. The van der Waals surface area contributed by atoms with Crippen LogP contribution in [-0.2, 0) is 28.6 Å². The Balaban J connectivity index is 3.97. The third-order valence-corrected chi connectivity index (χ3v) is 14.1. The molecule has 0 aliphatic carbocycles. The van der Waals surface area contributed by atoms with Crippen LogP contribution in [-0.4, -0.2) is 37.2 Å². The summed E-state index contributed by atoms with van der Waals surface area (Å²) >= 11 is 0. The zero-order valence-corrected chi connectivity index (χ0v) is 47.8. The molecule has 1 unspecified atom stereocenters. The van der Waals surface area contributed by atoms with Gasteiger partial charge in [0.1, 0.15) is 13.2 Å². The van der Waals surface area contributed by atoms with E-state index < -0.39 is 6.10 Å². The molecule has 71 heavy (non-hydrogen) atoms. The molecule has 0 heterocycles. The van der Waals surface area contributed by atoms with E-state index in [-0.39, 0.29) is 31.1 Å². The van der Waals surface area contributed by atoms with Crippen LogP contribution in [0.3, 0.4) is 0 Å². The number of rotatable bonds is 58. The molecule has 0 aliphatic rings. The van der Waals surface area contributed by atoms with Crippen LogP contribution in [0.5, 0.6) is 0 Å². The lowest BCUT2D eigenvalue weighted by Crippen LogP contribution is -2.30. The monoisotopic (exact) mass is 997 g/mol. The minimum absolute atomic E-state index is 0.0742. The third kappa shape index (κ3) is 58.4. The van der Waals surface area contributed by atoms with Gasteiger partial charge in [0.15, 0.2) is 6.10 Å². The van der Waals surface area contributed by atoms with Crippen LogP contribution in [0.2, 0.25) is 0 Å². The molecule has 416 valence electrons. The average Bonchev–Trinajstić information content (AvgIpc) is 3.37. The fourth-order valence-corrected chi connectivity index (χ4v) is 9.39. The van der Waals surface area contributed by atoms with E-state index in [1.165, 1.54) is 218 Å². The highest BCUT2D eigenvalue weighted by molar-refractivity contribution is 5.71. The highest BCUT2D eigenvalue weighted by atomic mass is 16.6. The maximum atomic E-state index is 12.8. The first kappa shape index (κ1) is 68.6. The number of carbonyl (C=O) groups is 3. The minimum Gasteiger partial charge on any atom is -0.462 e. The zero-order chi connectivity index (χ0) is 51.4. The SMILES string of the molecule is CCCCC/C=C\C/C=C\C/C=C\CCCCCCCCC(=O)OC(COC(=O)CCCCCCC)COC(=O)CCCCCCCCCCCCCCCCCCCCCCCCCCCCCCC. The van der Waals surface area contributed by atoms with Crippen LogP contribution in [0, 0.1) is 0 Å². The van der Waals surface area contributed by atoms with Gasteiger partial charge in [0.25, 0.3) is 0 Å². The summed E-state index contributed by atoms with van der Waals surface area (Å²) in [7, 11) is 0. The summed E-state index contributed by atoms with van der Waals surface area (Å²) in [5.74, 6) is -0.884. The lowest BCUT2D eigenvalue weighted by Gasteiger charge is -2.18. The summed E-state index contributed by atoms with van der Waals surface area (Å²) in [6.45, 7) is 6.57. The molecule has 0 saturated carbocycles. The Kier molecular flexibility index (Phi) is 58.2. The standard InChI is InChI=1S/C65H120O6/c1-4-7-10-13-15-17-19-21-23-25-27-28-29-30-31-32-33-34-35-36-38-39-41-43-45-47-49-52-55-58-64(67)70-61-62(60-69-63(66)57-54-51-12-9-6-3)71-65(68)59-56-53-50-48-46-44-42-40-37-26-24-22-20-18-16-14-11-8-5-2/h16,18,22,24,37,40,62H,4-15,17,19-21,23,25-36,38-39,41-61H2,1-3H3/b18-16-,24-22-,40-37-. The van der Waals surface area contributed by atoms with Crippen molar-refractivity contribution in [2.45, 2.75) is 348 Å². The molecule has 1 atom stereocenters. The Morgan fingerprint density at radius 3 is 0.817 bits per heavy atom. The molecule has 6 heteroatoms. The fraction of sp³-hybridized carbons (Fsp3) is 0.862. The summed E-state index contributed by atoms with van der Waals surface area (Å²) in [6.07, 6.45) is 73.5. The third-order valence-electron chi connectivity index (χ3n) is 14.1. The maximum absolute atomic E-state index is 12.8. The molecule has 0 aromatic heterocycles. The van der Waals surface area contributed by atoms with E-state index in [0.717, 1.165) is 83.5 Å². The largest absolute Gasteiger partial charge is 0.462 e. The van der Waals surface area contributed by atoms with Crippen LogP contribution in [0.25, 0.3) is 0 Å². The summed E-state index contributed by atoms with van der Waals surface area (Å²) < 4.78 is 16.7. The summed E-state index contributed by atoms with van der Waals surface area (Å²) in [6, 6.07) is 0. The number of hydrogen-bond donors (Lipinski definition) is 0. The smallest absolute Gasteiger partial charge is 0.306 e. The second-order valence-corrected chi connectivity index (χ2v) is 21.3. The molecule has 0 saturated heterocycles. The van der Waals surface area contributed by atoms with Gasteiger partial charge in [-0.25, -0.2) is 0 Å². The van der Waals surface area contributed by atoms with Crippen LogP contribution >= 0.6 is 0 Å². The fourth-order valence-electron chi connectivity index (χ4n) is 9.39. The van der Waals surface area contributed by atoms with Crippen molar-refractivity contribution in [2.24, 2.45) is 0 Å². The van der Waals surface area contributed by atoms with E-state index in [1.807, 2.05) is 0 Å². The molecular formula is C65H120O6. The Morgan fingerprint density at radius 1 is 0.282 bits per heavy atom. The molecule has 0 bridgehead atoms. The summed E-state index contributed by atoms with van der Waals surface area (Å²) in [5.41, 5.74) is 0. The van der Waals surface area contributed by atoms with Crippen molar-refractivity contribution in [1.82, 2.24) is 0 Å². The zero-order valence-electron chi connectivity index (χ0n) is 47.8. The number of esters is 3. The number of carbonyl (C=O) groups excluding carboxylic acids is 3. The van der Waals surface area contributed by atoms with Gasteiger partial charge in [-0.05, 0) is 57.8 Å². The van der Waals surface area contributed by atoms with E-state index >= 15 is 0 Å². The maximum Gasteiger partial charge on any atom is 0.306 e. The van der Waals surface area contributed by atoms with Gasteiger partial charge in [-0.15, -0.1) is 0 Å². The van der Waals surface area contributed by atoms with Gasteiger partial charge < -0.3 is 14.2 Å². The van der Waals surface area contributed by atoms with E-state index in [0.29, 0.717) is 19.3 Å². The van der Waals surface area contributed by atoms with E-state index in [9.17, 15) is 14.4 Å². The van der Waals surface area contributed by atoms with Crippen LogP contribution in [0.4, 0.5) is 0 Å². The minimum atomic E-state index is -0.773. The second kappa shape index (κ2) is 60.2. The Bertz CT molecular complexity index is 1190. The van der Waals surface area contributed by atoms with Crippen molar-refractivity contribution < 1.29 is 28.6 Å². The van der Waals surface area contributed by atoms with Crippen molar-refractivity contribution in [3.63, 3.8) is 0 Å². The lowest BCUT2D eigenvalue weighted by atomic mass is 10.0. The predicted molar refractivity (Wildman–Crippen MR) is 307 cm³/mol. The predicted octanol–water partition coefficient (Wildman–Crippen LogP) is 21.2. The van der Waals surface area contributed by atoms with Crippen LogP contribution in [0.1, 0.15) is 342 Å². The van der Waals surface area contributed by atoms with Gasteiger partial charge in [0.05, 0.1) is 0 Å². The van der Waals surface area contributed by atoms with Gasteiger partial charge in [-0.3, -0.25) is 14.4 Å². The van der Waals surface area contributed by atoms with Crippen molar-refractivity contribution in [2.75, 3.05) is 13.2 Å². The van der Waals surface area contributed by atoms with Crippen molar-refractivity contribution in [3.05, 3.63) is 36.5 Å². The van der Waals surface area contributed by atoms with E-state index in [2.05, 4.69) is 57.2 Å². The number of hydrogen-bond acceptors (Lipinski definition) is 6. The molecule has 0 aromatic rings. The van der Waals surface area contributed by atoms with Gasteiger partial charge >= 0.3 is 17.9 Å². The second-order valence-electron chi connectivity index (χ2n) is 21.3. The molecule has 0 fully saturated rings. The lowest BCUT2D eigenvalue weighted by molar-refractivity contribution is -0.167. The molecule has 0 aromatic carbocycles. The molecule has 0 spiro atoms. The molecular weight excluding hydrogens is 877 g/mol. The summed E-state index contributed by atoms with van der Waals surface area (Å²) in [5, 5.41) is 0. The van der Waals surface area contributed by atoms with E-state index in [4.69, 9.17) is 14.2 Å².